The molecule has 1 aliphatic heterocycles. The molecule has 4 rings (SSSR count). The van der Waals surface area contributed by atoms with E-state index < -0.39 is 0 Å². The van der Waals surface area contributed by atoms with Crippen LogP contribution in [0.1, 0.15) is 47.6 Å². The van der Waals surface area contributed by atoms with Crippen LogP contribution >= 0.6 is 11.6 Å². The molecule has 0 bridgehead atoms. The zero-order valence-corrected chi connectivity index (χ0v) is 17.9. The predicted molar refractivity (Wildman–Crippen MR) is 122 cm³/mol. The zero-order valence-electron chi connectivity index (χ0n) is 17.1. The molecule has 0 aliphatic carbocycles. The Morgan fingerprint density at radius 2 is 1.83 bits per heavy atom. The Kier molecular flexibility index (Phi) is 6.81. The van der Waals surface area contributed by atoms with Gasteiger partial charge in [0.15, 0.2) is 0 Å². The predicted octanol–water partition coefficient (Wildman–Crippen LogP) is 5.66. The quantitative estimate of drug-likeness (QED) is 0.517. The molecule has 1 fully saturated rings. The molecule has 1 atom stereocenters. The summed E-state index contributed by atoms with van der Waals surface area (Å²) in [6.45, 7) is 1.61. The van der Waals surface area contributed by atoms with Gasteiger partial charge in [0, 0.05) is 42.3 Å². The first-order valence-electron chi connectivity index (χ1n) is 10.7. The summed E-state index contributed by atoms with van der Waals surface area (Å²) >= 11 is 6.05. The third kappa shape index (κ3) is 5.48. The van der Waals surface area contributed by atoms with E-state index in [0.29, 0.717) is 12.3 Å². The summed E-state index contributed by atoms with van der Waals surface area (Å²) in [6.07, 6.45) is 6.25. The van der Waals surface area contributed by atoms with E-state index in [2.05, 4.69) is 36.4 Å². The summed E-state index contributed by atoms with van der Waals surface area (Å²) in [4.78, 5) is 19.5. The normalized spacial score (nSPS) is 16.4. The topological polar surface area (TPSA) is 33.2 Å². The molecule has 0 spiro atoms. The molecule has 154 valence electrons. The summed E-state index contributed by atoms with van der Waals surface area (Å²) in [5.74, 6) is 0.542. The van der Waals surface area contributed by atoms with E-state index >= 15 is 0 Å². The highest BCUT2D eigenvalue weighted by Gasteiger charge is 2.25. The summed E-state index contributed by atoms with van der Waals surface area (Å²) in [5.41, 5.74) is 4.72. The van der Waals surface area contributed by atoms with Gasteiger partial charge in [0.2, 0.25) is 5.91 Å². The second kappa shape index (κ2) is 9.90. The first-order chi connectivity index (χ1) is 14.7. The summed E-state index contributed by atoms with van der Waals surface area (Å²) < 4.78 is 0. The van der Waals surface area contributed by atoms with Crippen LogP contribution in [0.2, 0.25) is 5.02 Å². The summed E-state index contributed by atoms with van der Waals surface area (Å²) in [5, 5.41) is 0.722. The number of carbonyl (C=O) groups excluding carboxylic acids is 1. The Morgan fingerprint density at radius 1 is 1.00 bits per heavy atom. The fourth-order valence-corrected chi connectivity index (χ4v) is 4.37. The molecule has 30 heavy (non-hydrogen) atoms. The molecule has 4 heteroatoms. The highest BCUT2D eigenvalue weighted by molar-refractivity contribution is 6.30. The number of rotatable bonds is 6. The van der Waals surface area contributed by atoms with Crippen molar-refractivity contribution < 1.29 is 4.79 Å². The average Bonchev–Trinajstić information content (AvgIpc) is 2.79. The molecule has 1 aromatic heterocycles. The van der Waals surface area contributed by atoms with E-state index in [1.54, 1.807) is 0 Å². The lowest BCUT2D eigenvalue weighted by molar-refractivity contribution is -0.132. The van der Waals surface area contributed by atoms with E-state index in [1.807, 2.05) is 41.4 Å². The van der Waals surface area contributed by atoms with Crippen LogP contribution in [0.15, 0.2) is 72.9 Å². The Hall–Kier alpha value is -2.65. The van der Waals surface area contributed by atoms with Crippen molar-refractivity contribution in [1.29, 1.82) is 0 Å². The van der Waals surface area contributed by atoms with Crippen LogP contribution in [0.25, 0.3) is 0 Å². The van der Waals surface area contributed by atoms with E-state index in [9.17, 15) is 4.79 Å². The number of hydrogen-bond donors (Lipinski definition) is 0. The van der Waals surface area contributed by atoms with Crippen molar-refractivity contribution in [3.8, 4) is 0 Å². The van der Waals surface area contributed by atoms with Crippen LogP contribution in [0.4, 0.5) is 0 Å². The molecule has 3 aromatic rings. The minimum atomic E-state index is 0.223. The molecule has 0 saturated carbocycles. The van der Waals surface area contributed by atoms with Gasteiger partial charge < -0.3 is 4.90 Å². The fraction of sp³-hybridized carbons (Fsp3) is 0.308. The van der Waals surface area contributed by atoms with E-state index in [4.69, 9.17) is 16.6 Å². The number of aromatic nitrogens is 1. The monoisotopic (exact) mass is 418 g/mol. The average molecular weight is 419 g/mol. The number of aryl methyl sites for hydroxylation is 1. The van der Waals surface area contributed by atoms with Crippen molar-refractivity contribution in [2.75, 3.05) is 13.1 Å². The lowest BCUT2D eigenvalue weighted by Gasteiger charge is -2.32. The molecule has 0 unspecified atom stereocenters. The van der Waals surface area contributed by atoms with Gasteiger partial charge in [-0.05, 0) is 60.6 Å². The van der Waals surface area contributed by atoms with Gasteiger partial charge in [-0.25, -0.2) is 0 Å². The van der Waals surface area contributed by atoms with Gasteiger partial charge in [-0.1, -0.05) is 60.1 Å². The lowest BCUT2D eigenvalue weighted by Crippen LogP contribution is -2.39. The Labute approximate surface area is 183 Å². The highest BCUT2D eigenvalue weighted by Crippen LogP contribution is 2.26. The van der Waals surface area contributed by atoms with Crippen molar-refractivity contribution in [3.63, 3.8) is 0 Å². The molecule has 1 aliphatic rings. The molecular formula is C26H27ClN2O. The second-order valence-corrected chi connectivity index (χ2v) is 8.50. The van der Waals surface area contributed by atoms with Crippen LogP contribution in [0.3, 0.4) is 0 Å². The smallest absolute Gasteiger partial charge is 0.222 e. The SMILES string of the molecule is O=C(CCc1cccc(Cl)c1)N1CCC[C@H](c2ccc(Cc3ccccc3)cn2)C1. The van der Waals surface area contributed by atoms with Crippen LogP contribution in [-0.2, 0) is 17.6 Å². The van der Waals surface area contributed by atoms with Crippen molar-refractivity contribution in [2.45, 2.75) is 38.0 Å². The number of nitrogens with zero attached hydrogens (tertiary/aromatic N) is 2. The first-order valence-corrected chi connectivity index (χ1v) is 11.1. The number of benzene rings is 2. The molecule has 3 nitrogen and oxygen atoms in total. The molecular weight excluding hydrogens is 392 g/mol. The number of piperidine rings is 1. The van der Waals surface area contributed by atoms with Gasteiger partial charge in [-0.15, -0.1) is 0 Å². The zero-order chi connectivity index (χ0) is 20.8. The minimum absolute atomic E-state index is 0.223. The summed E-state index contributed by atoms with van der Waals surface area (Å²) in [6, 6.07) is 22.5. The number of carbonyl (C=O) groups is 1. The number of likely N-dealkylation sites (tertiary alicyclic amines) is 1. The Morgan fingerprint density at radius 3 is 2.60 bits per heavy atom. The highest BCUT2D eigenvalue weighted by atomic mass is 35.5. The van der Waals surface area contributed by atoms with Gasteiger partial charge >= 0.3 is 0 Å². The standard InChI is InChI=1S/C26H27ClN2O/c27-24-10-4-8-21(17-24)12-14-26(30)29-15-5-9-23(19-29)25-13-11-22(18-28-25)16-20-6-2-1-3-7-20/h1-4,6-8,10-11,13,17-18,23H,5,9,12,14-16,19H2/t23-/m0/s1. The second-order valence-electron chi connectivity index (χ2n) is 8.06. The molecule has 0 N–H and O–H groups in total. The van der Waals surface area contributed by atoms with Crippen molar-refractivity contribution in [1.82, 2.24) is 9.88 Å². The van der Waals surface area contributed by atoms with Crippen molar-refractivity contribution in [3.05, 3.63) is 100 Å². The van der Waals surface area contributed by atoms with Crippen LogP contribution in [0, 0.1) is 0 Å². The van der Waals surface area contributed by atoms with E-state index in [1.165, 1.54) is 11.1 Å². The van der Waals surface area contributed by atoms with Crippen molar-refractivity contribution >= 4 is 17.5 Å². The van der Waals surface area contributed by atoms with Gasteiger partial charge in [-0.2, -0.15) is 0 Å². The van der Waals surface area contributed by atoms with Crippen LogP contribution in [-0.4, -0.2) is 28.9 Å². The van der Waals surface area contributed by atoms with E-state index in [0.717, 1.165) is 55.1 Å². The third-order valence-corrected chi connectivity index (χ3v) is 6.04. The largest absolute Gasteiger partial charge is 0.342 e. The Bertz CT molecular complexity index is 972. The molecule has 0 radical (unpaired) electrons. The van der Waals surface area contributed by atoms with Crippen molar-refractivity contribution in [2.24, 2.45) is 0 Å². The van der Waals surface area contributed by atoms with Crippen LogP contribution < -0.4 is 0 Å². The van der Waals surface area contributed by atoms with Gasteiger partial charge in [-0.3, -0.25) is 9.78 Å². The number of hydrogen-bond acceptors (Lipinski definition) is 2. The number of halogens is 1. The van der Waals surface area contributed by atoms with Crippen LogP contribution in [0.5, 0.6) is 0 Å². The van der Waals surface area contributed by atoms with Gasteiger partial charge in [0.05, 0.1) is 0 Å². The molecule has 1 amide bonds. The first kappa shape index (κ1) is 20.6. The minimum Gasteiger partial charge on any atom is -0.342 e. The third-order valence-electron chi connectivity index (χ3n) is 5.81. The number of pyridine rings is 1. The molecule has 1 saturated heterocycles. The fourth-order valence-electron chi connectivity index (χ4n) is 4.16. The maximum absolute atomic E-state index is 12.8. The molecule has 2 heterocycles. The Balaban J connectivity index is 1.33. The van der Waals surface area contributed by atoms with E-state index in [-0.39, 0.29) is 5.91 Å². The van der Waals surface area contributed by atoms with Gasteiger partial charge in [0.1, 0.15) is 0 Å². The number of amides is 1. The maximum Gasteiger partial charge on any atom is 0.222 e. The van der Waals surface area contributed by atoms with Gasteiger partial charge in [0.25, 0.3) is 0 Å². The maximum atomic E-state index is 12.8. The summed E-state index contributed by atoms with van der Waals surface area (Å²) in [7, 11) is 0. The molecule has 2 aromatic carbocycles. The lowest BCUT2D eigenvalue weighted by atomic mass is 9.93.